The number of rotatable bonds is 3. The summed E-state index contributed by atoms with van der Waals surface area (Å²) in [6, 6.07) is 20.0. The molecule has 0 saturated carbocycles. The number of benzene rings is 2. The second-order valence-corrected chi connectivity index (χ2v) is 3.99. The Hall–Kier alpha value is -2.22. The minimum Gasteiger partial charge on any atom is -0.287 e. The molecule has 0 unspecified atom stereocenters. The van der Waals surface area contributed by atoms with Crippen molar-refractivity contribution in [3.63, 3.8) is 0 Å². The average molecular weight is 236 g/mol. The van der Waals surface area contributed by atoms with Crippen molar-refractivity contribution < 1.29 is 0 Å². The van der Waals surface area contributed by atoms with Gasteiger partial charge in [0.1, 0.15) is 5.84 Å². The summed E-state index contributed by atoms with van der Waals surface area (Å²) in [5.74, 6) is 0.401. The lowest BCUT2D eigenvalue weighted by atomic mass is 10.0. The van der Waals surface area contributed by atoms with E-state index in [0.717, 1.165) is 16.8 Å². The molecule has 2 aromatic rings. The Morgan fingerprint density at radius 3 is 1.72 bits per heavy atom. The third kappa shape index (κ3) is 2.92. The first-order valence-electron chi connectivity index (χ1n) is 6.08. The van der Waals surface area contributed by atoms with Gasteiger partial charge in [-0.05, 0) is 0 Å². The van der Waals surface area contributed by atoms with Crippen LogP contribution in [0.1, 0.15) is 24.5 Å². The van der Waals surface area contributed by atoms with E-state index in [9.17, 15) is 0 Å². The lowest BCUT2D eigenvalue weighted by Crippen LogP contribution is -2.06. The predicted octanol–water partition coefficient (Wildman–Crippen LogP) is 3.91. The van der Waals surface area contributed by atoms with Crippen molar-refractivity contribution in [3.8, 4) is 0 Å². The molecule has 0 aliphatic carbocycles. The van der Waals surface area contributed by atoms with Crippen LogP contribution in [0.3, 0.4) is 0 Å². The van der Waals surface area contributed by atoms with Crippen molar-refractivity contribution in [3.05, 3.63) is 71.8 Å². The lowest BCUT2D eigenvalue weighted by Gasteiger charge is -2.07. The minimum absolute atomic E-state index is 0.401. The average Bonchev–Trinajstić information content (AvgIpc) is 2.46. The van der Waals surface area contributed by atoms with E-state index in [0.29, 0.717) is 12.3 Å². The summed E-state index contributed by atoms with van der Waals surface area (Å²) in [5, 5.41) is 7.78. The second-order valence-electron chi connectivity index (χ2n) is 3.99. The van der Waals surface area contributed by atoms with Gasteiger partial charge in [0, 0.05) is 17.5 Å². The first-order chi connectivity index (χ1) is 8.81. The van der Waals surface area contributed by atoms with Crippen molar-refractivity contribution in [2.45, 2.75) is 13.3 Å². The van der Waals surface area contributed by atoms with Crippen LogP contribution in [0.5, 0.6) is 0 Å². The number of nitrogens with zero attached hydrogens (tertiary/aromatic N) is 1. The summed E-state index contributed by atoms with van der Waals surface area (Å²) in [6.07, 6.45) is 0.642. The minimum atomic E-state index is 0.401. The van der Waals surface area contributed by atoms with Crippen molar-refractivity contribution in [2.24, 2.45) is 4.99 Å². The first-order valence-corrected chi connectivity index (χ1v) is 6.08. The number of nitrogens with one attached hydrogen (secondary N) is 1. The molecule has 0 heterocycles. The van der Waals surface area contributed by atoms with Gasteiger partial charge in [-0.3, -0.25) is 5.41 Å². The fourth-order valence-electron chi connectivity index (χ4n) is 1.70. The SMILES string of the molecule is CCC(=N)N=C(c1ccccc1)c1ccccc1. The summed E-state index contributed by atoms with van der Waals surface area (Å²) in [7, 11) is 0. The molecule has 0 atom stereocenters. The summed E-state index contributed by atoms with van der Waals surface area (Å²) in [6.45, 7) is 1.94. The molecule has 2 rings (SSSR count). The summed E-state index contributed by atoms with van der Waals surface area (Å²) < 4.78 is 0. The Bertz CT molecular complexity index is 500. The maximum absolute atomic E-state index is 7.78. The zero-order chi connectivity index (χ0) is 12.8. The Morgan fingerprint density at radius 2 is 1.33 bits per heavy atom. The van der Waals surface area contributed by atoms with E-state index in [4.69, 9.17) is 5.41 Å². The predicted molar refractivity (Wildman–Crippen MR) is 76.5 cm³/mol. The molecule has 0 bridgehead atoms. The van der Waals surface area contributed by atoms with E-state index in [1.807, 2.05) is 67.6 Å². The molecule has 0 fully saturated rings. The fourth-order valence-corrected chi connectivity index (χ4v) is 1.70. The van der Waals surface area contributed by atoms with E-state index in [1.165, 1.54) is 0 Å². The van der Waals surface area contributed by atoms with Crippen molar-refractivity contribution in [1.82, 2.24) is 0 Å². The normalized spacial score (nSPS) is 9.83. The quantitative estimate of drug-likeness (QED) is 0.619. The standard InChI is InChI=1S/C16H16N2/c1-2-15(17)18-16(13-9-5-3-6-10-13)14-11-7-4-8-12-14/h3-12,17H,2H2,1H3. The highest BCUT2D eigenvalue weighted by molar-refractivity contribution is 6.16. The van der Waals surface area contributed by atoms with Gasteiger partial charge in [-0.2, -0.15) is 0 Å². The van der Waals surface area contributed by atoms with Gasteiger partial charge in [0.05, 0.1) is 5.71 Å². The second kappa shape index (κ2) is 5.92. The molecule has 0 spiro atoms. The third-order valence-corrected chi connectivity index (χ3v) is 2.68. The van der Waals surface area contributed by atoms with E-state index in [-0.39, 0.29) is 0 Å². The molecule has 0 radical (unpaired) electrons. The van der Waals surface area contributed by atoms with Crippen LogP contribution in [0.2, 0.25) is 0 Å². The monoisotopic (exact) mass is 236 g/mol. The molecule has 90 valence electrons. The van der Waals surface area contributed by atoms with E-state index in [1.54, 1.807) is 0 Å². The fraction of sp³-hybridized carbons (Fsp3) is 0.125. The van der Waals surface area contributed by atoms with Gasteiger partial charge in [0.15, 0.2) is 0 Å². The van der Waals surface area contributed by atoms with Crippen LogP contribution in [-0.2, 0) is 0 Å². The molecule has 0 aliphatic heterocycles. The first kappa shape index (κ1) is 12.2. The Morgan fingerprint density at radius 1 is 0.889 bits per heavy atom. The number of amidine groups is 1. The number of aliphatic imine (C=N–C) groups is 1. The highest BCUT2D eigenvalue weighted by Crippen LogP contribution is 2.11. The lowest BCUT2D eigenvalue weighted by molar-refractivity contribution is 1.21. The number of hydrogen-bond acceptors (Lipinski definition) is 1. The third-order valence-electron chi connectivity index (χ3n) is 2.68. The molecule has 0 saturated heterocycles. The van der Waals surface area contributed by atoms with E-state index < -0.39 is 0 Å². The largest absolute Gasteiger partial charge is 0.287 e. The molecule has 0 amide bonds. The van der Waals surface area contributed by atoms with Crippen LogP contribution in [0, 0.1) is 5.41 Å². The van der Waals surface area contributed by atoms with Crippen LogP contribution >= 0.6 is 0 Å². The molecular formula is C16H16N2. The maximum Gasteiger partial charge on any atom is 0.120 e. The van der Waals surface area contributed by atoms with Crippen LogP contribution in [-0.4, -0.2) is 11.5 Å². The van der Waals surface area contributed by atoms with Crippen molar-refractivity contribution in [2.75, 3.05) is 0 Å². The Kier molecular flexibility index (Phi) is 4.02. The smallest absolute Gasteiger partial charge is 0.120 e. The van der Waals surface area contributed by atoms with Gasteiger partial charge in [-0.25, -0.2) is 4.99 Å². The molecule has 18 heavy (non-hydrogen) atoms. The molecule has 0 aliphatic rings. The van der Waals surface area contributed by atoms with Gasteiger partial charge in [-0.1, -0.05) is 67.6 Å². The van der Waals surface area contributed by atoms with Gasteiger partial charge >= 0.3 is 0 Å². The van der Waals surface area contributed by atoms with Gasteiger partial charge in [0.2, 0.25) is 0 Å². The van der Waals surface area contributed by atoms with Crippen LogP contribution in [0.25, 0.3) is 0 Å². The van der Waals surface area contributed by atoms with Crippen molar-refractivity contribution in [1.29, 1.82) is 5.41 Å². The Balaban J connectivity index is 2.49. The number of hydrogen-bond donors (Lipinski definition) is 1. The van der Waals surface area contributed by atoms with Crippen LogP contribution in [0.15, 0.2) is 65.7 Å². The van der Waals surface area contributed by atoms with E-state index >= 15 is 0 Å². The van der Waals surface area contributed by atoms with Gasteiger partial charge < -0.3 is 0 Å². The van der Waals surface area contributed by atoms with Crippen LogP contribution < -0.4 is 0 Å². The van der Waals surface area contributed by atoms with E-state index in [2.05, 4.69) is 4.99 Å². The topological polar surface area (TPSA) is 36.2 Å². The molecule has 1 N–H and O–H groups in total. The summed E-state index contributed by atoms with van der Waals surface area (Å²) in [5.41, 5.74) is 2.95. The van der Waals surface area contributed by atoms with Gasteiger partial charge in [0.25, 0.3) is 0 Å². The summed E-state index contributed by atoms with van der Waals surface area (Å²) in [4.78, 5) is 4.44. The Labute approximate surface area is 108 Å². The van der Waals surface area contributed by atoms with Crippen molar-refractivity contribution >= 4 is 11.5 Å². The van der Waals surface area contributed by atoms with Crippen LogP contribution in [0.4, 0.5) is 0 Å². The summed E-state index contributed by atoms with van der Waals surface area (Å²) >= 11 is 0. The molecule has 2 nitrogen and oxygen atoms in total. The molecular weight excluding hydrogens is 220 g/mol. The zero-order valence-corrected chi connectivity index (χ0v) is 10.4. The highest BCUT2D eigenvalue weighted by atomic mass is 14.8. The maximum atomic E-state index is 7.78. The molecule has 2 heteroatoms. The molecule has 0 aromatic heterocycles. The van der Waals surface area contributed by atoms with Gasteiger partial charge in [-0.15, -0.1) is 0 Å². The highest BCUT2D eigenvalue weighted by Gasteiger charge is 2.06. The zero-order valence-electron chi connectivity index (χ0n) is 10.4. The molecule has 2 aromatic carbocycles.